The molecule has 2 atom stereocenters. The number of carbonyl (C=O) groups excluding carboxylic acids is 2. The second-order valence-electron chi connectivity index (χ2n) is 6.77. The Morgan fingerprint density at radius 3 is 2.88 bits per heavy atom. The highest BCUT2D eigenvalue weighted by molar-refractivity contribution is 5.87. The van der Waals surface area contributed by atoms with E-state index < -0.39 is 0 Å². The highest BCUT2D eigenvalue weighted by Gasteiger charge is 2.32. The van der Waals surface area contributed by atoms with Crippen LogP contribution < -0.4 is 10.1 Å². The van der Waals surface area contributed by atoms with Crippen molar-refractivity contribution in [3.8, 4) is 5.75 Å². The van der Waals surface area contributed by atoms with Crippen molar-refractivity contribution in [2.45, 2.75) is 51.0 Å². The number of aryl methyl sites for hydroxylation is 1. The van der Waals surface area contributed by atoms with Crippen molar-refractivity contribution in [2.75, 3.05) is 20.2 Å². The lowest BCUT2D eigenvalue weighted by molar-refractivity contribution is -0.136. The fourth-order valence-corrected chi connectivity index (χ4v) is 3.99. The first-order valence-corrected chi connectivity index (χ1v) is 8.82. The number of ether oxygens (including phenoxy) is 1. The molecule has 2 aliphatic rings. The van der Waals surface area contributed by atoms with E-state index in [9.17, 15) is 9.59 Å². The zero-order valence-corrected chi connectivity index (χ0v) is 14.5. The molecule has 1 aromatic rings. The van der Waals surface area contributed by atoms with Crippen LogP contribution in [0.3, 0.4) is 0 Å². The van der Waals surface area contributed by atoms with Crippen LogP contribution in [0.2, 0.25) is 0 Å². The number of carbonyl (C=O) groups is 2. The topological polar surface area (TPSA) is 58.6 Å². The zero-order chi connectivity index (χ0) is 17.1. The predicted molar refractivity (Wildman–Crippen MR) is 92.1 cm³/mol. The lowest BCUT2D eigenvalue weighted by Crippen LogP contribution is -2.46. The quantitative estimate of drug-likeness (QED) is 0.921. The molecule has 0 spiro atoms. The molecular weight excluding hydrogens is 304 g/mol. The number of rotatable bonds is 4. The summed E-state index contributed by atoms with van der Waals surface area (Å²) in [6, 6.07) is 5.94. The molecule has 0 aromatic heterocycles. The van der Waals surface area contributed by atoms with Gasteiger partial charge < -0.3 is 15.0 Å². The van der Waals surface area contributed by atoms with Gasteiger partial charge in [0.1, 0.15) is 11.8 Å². The summed E-state index contributed by atoms with van der Waals surface area (Å²) in [5.41, 5.74) is 2.64. The monoisotopic (exact) mass is 330 g/mol. The van der Waals surface area contributed by atoms with E-state index in [-0.39, 0.29) is 17.9 Å². The minimum absolute atomic E-state index is 0.0108. The van der Waals surface area contributed by atoms with Gasteiger partial charge in [0, 0.05) is 25.9 Å². The van der Waals surface area contributed by atoms with Crippen molar-refractivity contribution in [1.82, 2.24) is 10.2 Å². The molecule has 0 saturated carbocycles. The Hall–Kier alpha value is -2.04. The number of benzene rings is 1. The molecule has 5 nitrogen and oxygen atoms in total. The lowest BCUT2D eigenvalue weighted by atomic mass is 9.82. The second kappa shape index (κ2) is 7.24. The van der Waals surface area contributed by atoms with Crippen LogP contribution in [-0.2, 0) is 16.0 Å². The summed E-state index contributed by atoms with van der Waals surface area (Å²) < 4.78 is 5.31. The molecule has 1 aliphatic carbocycles. The van der Waals surface area contributed by atoms with Crippen LogP contribution in [0.25, 0.3) is 0 Å². The van der Waals surface area contributed by atoms with Gasteiger partial charge in [-0.15, -0.1) is 0 Å². The first kappa shape index (κ1) is 16.8. The summed E-state index contributed by atoms with van der Waals surface area (Å²) >= 11 is 0. The summed E-state index contributed by atoms with van der Waals surface area (Å²) in [7, 11) is 1.69. The van der Waals surface area contributed by atoms with E-state index in [4.69, 9.17) is 4.74 Å². The van der Waals surface area contributed by atoms with Crippen LogP contribution in [0.1, 0.15) is 49.7 Å². The van der Waals surface area contributed by atoms with Crippen LogP contribution in [-0.4, -0.2) is 43.0 Å². The Morgan fingerprint density at radius 1 is 1.29 bits per heavy atom. The average molecular weight is 330 g/mol. The van der Waals surface area contributed by atoms with Gasteiger partial charge in [-0.1, -0.05) is 6.07 Å². The summed E-state index contributed by atoms with van der Waals surface area (Å²) in [6.45, 7) is 2.87. The van der Waals surface area contributed by atoms with E-state index in [0.29, 0.717) is 19.0 Å². The molecular formula is C19H26N2O3. The van der Waals surface area contributed by atoms with Gasteiger partial charge in [-0.3, -0.25) is 9.59 Å². The molecule has 0 radical (unpaired) electrons. The lowest BCUT2D eigenvalue weighted by Gasteiger charge is -2.28. The minimum atomic E-state index is -0.290. The summed E-state index contributed by atoms with van der Waals surface area (Å²) in [5, 5.41) is 3.08. The number of amides is 2. The van der Waals surface area contributed by atoms with Crippen LogP contribution >= 0.6 is 0 Å². The van der Waals surface area contributed by atoms with Crippen LogP contribution in [0.4, 0.5) is 0 Å². The van der Waals surface area contributed by atoms with E-state index in [1.165, 1.54) is 18.1 Å². The molecule has 5 heteroatoms. The highest BCUT2D eigenvalue weighted by atomic mass is 16.5. The number of hydrogen-bond donors (Lipinski definition) is 1. The molecule has 1 saturated heterocycles. The second-order valence-corrected chi connectivity index (χ2v) is 6.77. The van der Waals surface area contributed by atoms with E-state index in [1.807, 2.05) is 6.07 Å². The summed E-state index contributed by atoms with van der Waals surface area (Å²) in [4.78, 5) is 25.8. The SMILES string of the molecule is COc1ccc2c(c1)CCC[C@H]2CNC(=O)[C@H]1CCCN1C(C)=O. The Labute approximate surface area is 143 Å². The summed E-state index contributed by atoms with van der Waals surface area (Å²) in [6.07, 6.45) is 4.95. The fraction of sp³-hybridized carbons (Fsp3) is 0.579. The van der Waals surface area contributed by atoms with Gasteiger partial charge in [-0.2, -0.15) is 0 Å². The van der Waals surface area contributed by atoms with Crippen molar-refractivity contribution < 1.29 is 14.3 Å². The Balaban J connectivity index is 1.63. The number of nitrogens with one attached hydrogen (secondary N) is 1. The standard InChI is InChI=1S/C19H26N2O3/c1-13(22)21-10-4-7-18(21)19(23)20-12-15-6-3-5-14-11-16(24-2)8-9-17(14)15/h8-9,11,15,18H,3-7,10,12H2,1-2H3,(H,20,23)/t15-,18+/m0/s1. The van der Waals surface area contributed by atoms with Crippen LogP contribution in [0, 0.1) is 0 Å². The van der Waals surface area contributed by atoms with Gasteiger partial charge in [-0.25, -0.2) is 0 Å². The maximum atomic E-state index is 12.5. The molecule has 24 heavy (non-hydrogen) atoms. The molecule has 2 amide bonds. The number of methoxy groups -OCH3 is 1. The highest BCUT2D eigenvalue weighted by Crippen LogP contribution is 2.33. The molecule has 1 N–H and O–H groups in total. The zero-order valence-electron chi connectivity index (χ0n) is 14.5. The van der Waals surface area contributed by atoms with E-state index in [2.05, 4.69) is 17.4 Å². The molecule has 1 fully saturated rings. The third-order valence-electron chi connectivity index (χ3n) is 5.27. The predicted octanol–water partition coefficient (Wildman–Crippen LogP) is 2.24. The Kier molecular flexibility index (Phi) is 5.07. The molecule has 1 heterocycles. The van der Waals surface area contributed by atoms with Gasteiger partial charge in [0.15, 0.2) is 0 Å². The molecule has 130 valence electrons. The van der Waals surface area contributed by atoms with Crippen LogP contribution in [0.15, 0.2) is 18.2 Å². The minimum Gasteiger partial charge on any atom is -0.497 e. The largest absolute Gasteiger partial charge is 0.497 e. The Bertz CT molecular complexity index is 629. The van der Waals surface area contributed by atoms with Crippen LogP contribution in [0.5, 0.6) is 5.75 Å². The molecule has 1 aliphatic heterocycles. The van der Waals surface area contributed by atoms with E-state index >= 15 is 0 Å². The third-order valence-corrected chi connectivity index (χ3v) is 5.27. The third kappa shape index (κ3) is 3.40. The number of nitrogens with zero attached hydrogens (tertiary/aromatic N) is 1. The first-order chi connectivity index (χ1) is 11.6. The van der Waals surface area contributed by atoms with Crippen molar-refractivity contribution in [3.05, 3.63) is 29.3 Å². The molecule has 0 bridgehead atoms. The van der Waals surface area contributed by atoms with Gasteiger partial charge in [0.05, 0.1) is 7.11 Å². The van der Waals surface area contributed by atoms with Crippen molar-refractivity contribution in [1.29, 1.82) is 0 Å². The number of hydrogen-bond acceptors (Lipinski definition) is 3. The fourth-order valence-electron chi connectivity index (χ4n) is 3.99. The van der Waals surface area contributed by atoms with Gasteiger partial charge in [0.2, 0.25) is 11.8 Å². The Morgan fingerprint density at radius 2 is 2.12 bits per heavy atom. The summed E-state index contributed by atoms with van der Waals surface area (Å²) in [5.74, 6) is 1.21. The first-order valence-electron chi connectivity index (χ1n) is 8.82. The number of fused-ring (bicyclic) bond motifs is 1. The number of likely N-dealkylation sites (tertiary alicyclic amines) is 1. The van der Waals surface area contributed by atoms with Gasteiger partial charge in [-0.05, 0) is 55.4 Å². The smallest absolute Gasteiger partial charge is 0.242 e. The maximum absolute atomic E-state index is 12.5. The normalized spacial score (nSPS) is 22.8. The van der Waals surface area contributed by atoms with E-state index in [1.54, 1.807) is 12.0 Å². The maximum Gasteiger partial charge on any atom is 0.242 e. The average Bonchev–Trinajstić information content (AvgIpc) is 3.09. The van der Waals surface area contributed by atoms with Crippen molar-refractivity contribution >= 4 is 11.8 Å². The molecule has 0 unspecified atom stereocenters. The van der Waals surface area contributed by atoms with E-state index in [0.717, 1.165) is 37.9 Å². The van der Waals surface area contributed by atoms with Crippen molar-refractivity contribution in [2.24, 2.45) is 0 Å². The molecule has 1 aromatic carbocycles. The van der Waals surface area contributed by atoms with Gasteiger partial charge >= 0.3 is 0 Å². The van der Waals surface area contributed by atoms with Crippen molar-refractivity contribution in [3.63, 3.8) is 0 Å². The molecule has 3 rings (SSSR count). The van der Waals surface area contributed by atoms with Gasteiger partial charge in [0.25, 0.3) is 0 Å².